The maximum Gasteiger partial charge on any atom is 0.150 e. The second-order valence-electron chi connectivity index (χ2n) is 4.97. The van der Waals surface area contributed by atoms with Crippen molar-refractivity contribution in [2.24, 2.45) is 0 Å². The Kier molecular flexibility index (Phi) is 5.07. The van der Waals surface area contributed by atoms with Crippen molar-refractivity contribution < 1.29 is 4.74 Å². The number of hydrogen-bond donors (Lipinski definition) is 0. The minimum atomic E-state index is 0.768. The number of thioether (sulfide) groups is 1. The lowest BCUT2D eigenvalue weighted by Crippen LogP contribution is -2.19. The van der Waals surface area contributed by atoms with Crippen molar-refractivity contribution in [2.45, 2.75) is 25.3 Å². The van der Waals surface area contributed by atoms with Gasteiger partial charge in [0.15, 0.2) is 0 Å². The van der Waals surface area contributed by atoms with E-state index in [2.05, 4.69) is 39.3 Å². The van der Waals surface area contributed by atoms with E-state index >= 15 is 0 Å². The number of methoxy groups -OCH3 is 1. The molecule has 0 bridgehead atoms. The summed E-state index contributed by atoms with van der Waals surface area (Å²) in [7, 11) is 3.74. The molecule has 2 rings (SSSR count). The second-order valence-corrected chi connectivity index (χ2v) is 5.81. The number of nitrogens with zero attached hydrogens (tertiary/aromatic N) is 3. The van der Waals surface area contributed by atoms with Crippen LogP contribution in [0, 0.1) is 13.8 Å². The van der Waals surface area contributed by atoms with Gasteiger partial charge in [-0.05, 0) is 37.8 Å². The predicted molar refractivity (Wildman–Crippen MR) is 88.4 cm³/mol. The summed E-state index contributed by atoms with van der Waals surface area (Å²) in [5, 5.41) is 0. The van der Waals surface area contributed by atoms with Gasteiger partial charge in [0.05, 0.1) is 18.5 Å². The molecule has 0 N–H and O–H groups in total. The van der Waals surface area contributed by atoms with Gasteiger partial charge in [-0.2, -0.15) is 0 Å². The number of aryl methyl sites for hydroxylation is 2. The fourth-order valence-electron chi connectivity index (χ4n) is 2.21. The summed E-state index contributed by atoms with van der Waals surface area (Å²) < 4.78 is 5.44. The lowest BCUT2D eigenvalue weighted by Gasteiger charge is -2.20. The minimum absolute atomic E-state index is 0.768. The van der Waals surface area contributed by atoms with Gasteiger partial charge in [-0.15, -0.1) is 11.8 Å². The molecular weight excluding hydrogens is 282 g/mol. The van der Waals surface area contributed by atoms with Crippen LogP contribution < -0.4 is 9.64 Å². The summed E-state index contributed by atoms with van der Waals surface area (Å²) in [6.45, 7) is 4.71. The zero-order chi connectivity index (χ0) is 15.4. The lowest BCUT2D eigenvalue weighted by atomic mass is 10.2. The first kappa shape index (κ1) is 15.6. The standard InChI is InChI=1S/C16H21N3OS/c1-11-9-17-12(2)16(18-11)19(3)10-13-6-7-15(21-5)14(8-13)20-4/h6-9H,10H2,1-5H3. The summed E-state index contributed by atoms with van der Waals surface area (Å²) in [6.07, 6.45) is 3.85. The van der Waals surface area contributed by atoms with Crippen LogP contribution in [0.15, 0.2) is 29.3 Å². The third-order valence-corrected chi connectivity index (χ3v) is 4.06. The quantitative estimate of drug-likeness (QED) is 0.791. The van der Waals surface area contributed by atoms with Gasteiger partial charge in [-0.25, -0.2) is 4.98 Å². The third kappa shape index (κ3) is 3.67. The van der Waals surface area contributed by atoms with Gasteiger partial charge in [-0.1, -0.05) is 6.07 Å². The van der Waals surface area contributed by atoms with Crippen molar-refractivity contribution in [3.05, 3.63) is 41.3 Å². The Balaban J connectivity index is 2.23. The Morgan fingerprint density at radius 1 is 1.29 bits per heavy atom. The molecular formula is C16H21N3OS. The summed E-state index contributed by atoms with van der Waals surface area (Å²) in [5.74, 6) is 1.84. The van der Waals surface area contributed by atoms with Crippen LogP contribution in [-0.4, -0.2) is 30.4 Å². The Morgan fingerprint density at radius 2 is 2.05 bits per heavy atom. The first-order chi connectivity index (χ1) is 10.0. The Morgan fingerprint density at radius 3 is 2.71 bits per heavy atom. The normalized spacial score (nSPS) is 10.5. The first-order valence-electron chi connectivity index (χ1n) is 6.77. The first-order valence-corrected chi connectivity index (χ1v) is 8.00. The summed E-state index contributed by atoms with van der Waals surface area (Å²) in [6, 6.07) is 6.31. The van der Waals surface area contributed by atoms with E-state index < -0.39 is 0 Å². The molecule has 0 unspecified atom stereocenters. The Bertz CT molecular complexity index is 631. The highest BCUT2D eigenvalue weighted by Gasteiger charge is 2.10. The van der Waals surface area contributed by atoms with Crippen LogP contribution in [0.2, 0.25) is 0 Å². The number of anilines is 1. The molecule has 21 heavy (non-hydrogen) atoms. The number of ether oxygens (including phenoxy) is 1. The van der Waals surface area contributed by atoms with Gasteiger partial charge in [0.2, 0.25) is 0 Å². The molecule has 0 aliphatic carbocycles. The van der Waals surface area contributed by atoms with Gasteiger partial charge >= 0.3 is 0 Å². The monoisotopic (exact) mass is 303 g/mol. The molecule has 2 aromatic rings. The molecule has 1 heterocycles. The van der Waals surface area contributed by atoms with E-state index in [4.69, 9.17) is 4.74 Å². The highest BCUT2D eigenvalue weighted by atomic mass is 32.2. The van der Waals surface area contributed by atoms with Crippen molar-refractivity contribution in [1.82, 2.24) is 9.97 Å². The fourth-order valence-corrected chi connectivity index (χ4v) is 2.76. The average Bonchev–Trinajstić information content (AvgIpc) is 2.49. The van der Waals surface area contributed by atoms with E-state index in [0.717, 1.165) is 34.4 Å². The molecule has 112 valence electrons. The van der Waals surface area contributed by atoms with Gasteiger partial charge < -0.3 is 9.64 Å². The molecule has 4 nitrogen and oxygen atoms in total. The lowest BCUT2D eigenvalue weighted by molar-refractivity contribution is 0.404. The van der Waals surface area contributed by atoms with Gasteiger partial charge in [0, 0.05) is 24.7 Å². The van der Waals surface area contributed by atoms with Crippen LogP contribution in [0.5, 0.6) is 5.75 Å². The number of benzene rings is 1. The largest absolute Gasteiger partial charge is 0.496 e. The maximum absolute atomic E-state index is 5.44. The van der Waals surface area contributed by atoms with Crippen LogP contribution in [-0.2, 0) is 6.54 Å². The van der Waals surface area contributed by atoms with Gasteiger partial charge in [-0.3, -0.25) is 4.98 Å². The molecule has 0 amide bonds. The summed E-state index contributed by atoms with van der Waals surface area (Å²) >= 11 is 1.69. The minimum Gasteiger partial charge on any atom is -0.496 e. The topological polar surface area (TPSA) is 38.2 Å². The van der Waals surface area contributed by atoms with Crippen molar-refractivity contribution in [3.8, 4) is 5.75 Å². The van der Waals surface area contributed by atoms with Crippen LogP contribution in [0.4, 0.5) is 5.82 Å². The van der Waals surface area contributed by atoms with Crippen molar-refractivity contribution in [1.29, 1.82) is 0 Å². The zero-order valence-electron chi connectivity index (χ0n) is 13.2. The van der Waals surface area contributed by atoms with E-state index in [-0.39, 0.29) is 0 Å². The zero-order valence-corrected chi connectivity index (χ0v) is 14.0. The van der Waals surface area contributed by atoms with E-state index in [9.17, 15) is 0 Å². The van der Waals surface area contributed by atoms with Crippen molar-refractivity contribution in [2.75, 3.05) is 25.3 Å². The third-order valence-electron chi connectivity index (χ3n) is 3.28. The fraction of sp³-hybridized carbons (Fsp3) is 0.375. The molecule has 0 saturated carbocycles. The van der Waals surface area contributed by atoms with Crippen LogP contribution in [0.1, 0.15) is 17.0 Å². The van der Waals surface area contributed by atoms with E-state index in [0.29, 0.717) is 0 Å². The predicted octanol–water partition coefficient (Wildman–Crippen LogP) is 3.46. The Hall–Kier alpha value is -1.75. The Labute approximate surface area is 130 Å². The van der Waals surface area contributed by atoms with Crippen LogP contribution >= 0.6 is 11.8 Å². The molecule has 1 aromatic heterocycles. The molecule has 0 atom stereocenters. The van der Waals surface area contributed by atoms with Gasteiger partial charge in [0.1, 0.15) is 11.6 Å². The molecule has 0 spiro atoms. The van der Waals surface area contributed by atoms with E-state index in [1.165, 1.54) is 5.56 Å². The molecule has 0 radical (unpaired) electrons. The van der Waals surface area contributed by atoms with Crippen LogP contribution in [0.3, 0.4) is 0 Å². The second kappa shape index (κ2) is 6.80. The van der Waals surface area contributed by atoms with Crippen molar-refractivity contribution >= 4 is 17.6 Å². The number of aromatic nitrogens is 2. The molecule has 0 aliphatic rings. The number of rotatable bonds is 5. The smallest absolute Gasteiger partial charge is 0.150 e. The van der Waals surface area contributed by atoms with E-state index in [1.54, 1.807) is 25.1 Å². The highest BCUT2D eigenvalue weighted by molar-refractivity contribution is 7.98. The average molecular weight is 303 g/mol. The molecule has 0 saturated heterocycles. The van der Waals surface area contributed by atoms with Crippen LogP contribution in [0.25, 0.3) is 0 Å². The summed E-state index contributed by atoms with van der Waals surface area (Å²) in [4.78, 5) is 12.2. The number of hydrogen-bond acceptors (Lipinski definition) is 5. The highest BCUT2D eigenvalue weighted by Crippen LogP contribution is 2.29. The molecule has 5 heteroatoms. The molecule has 0 aliphatic heterocycles. The SMILES string of the molecule is COc1cc(CN(C)c2nc(C)cnc2C)ccc1SC. The maximum atomic E-state index is 5.44. The molecule has 0 fully saturated rings. The summed E-state index contributed by atoms with van der Waals surface area (Å²) in [5.41, 5.74) is 3.06. The van der Waals surface area contributed by atoms with Gasteiger partial charge in [0.25, 0.3) is 0 Å². The van der Waals surface area contributed by atoms with E-state index in [1.807, 2.05) is 20.9 Å². The van der Waals surface area contributed by atoms with Crippen molar-refractivity contribution in [3.63, 3.8) is 0 Å². The molecule has 1 aromatic carbocycles.